The molecule has 1 fully saturated rings. The van der Waals surface area contributed by atoms with Gasteiger partial charge in [0, 0.05) is 24.9 Å². The Morgan fingerprint density at radius 2 is 2.21 bits per heavy atom. The second kappa shape index (κ2) is 5.40. The summed E-state index contributed by atoms with van der Waals surface area (Å²) >= 11 is 0. The van der Waals surface area contributed by atoms with Crippen molar-refractivity contribution in [3.8, 4) is 0 Å². The molecule has 0 saturated heterocycles. The van der Waals surface area contributed by atoms with Gasteiger partial charge in [-0.1, -0.05) is 0 Å². The van der Waals surface area contributed by atoms with E-state index in [1.165, 1.54) is 6.92 Å². The maximum Gasteiger partial charge on any atom is 0.242 e. The molecule has 0 spiro atoms. The zero-order chi connectivity index (χ0) is 14.0. The van der Waals surface area contributed by atoms with E-state index in [0.717, 1.165) is 18.5 Å². The smallest absolute Gasteiger partial charge is 0.242 e. The van der Waals surface area contributed by atoms with Crippen LogP contribution in [0.4, 0.5) is 5.82 Å². The molecule has 0 aromatic carbocycles. The van der Waals surface area contributed by atoms with Crippen molar-refractivity contribution in [2.45, 2.75) is 44.7 Å². The van der Waals surface area contributed by atoms with Crippen molar-refractivity contribution in [1.29, 1.82) is 0 Å². The number of H-pyrrole nitrogens is 1. The Morgan fingerprint density at radius 3 is 2.79 bits per heavy atom. The predicted molar refractivity (Wildman–Crippen MR) is 70.4 cm³/mol. The molecule has 5 N–H and O–H groups in total. The van der Waals surface area contributed by atoms with Gasteiger partial charge in [-0.15, -0.1) is 0 Å². The van der Waals surface area contributed by atoms with E-state index in [-0.39, 0.29) is 17.9 Å². The minimum Gasteiger partial charge on any atom is -0.354 e. The van der Waals surface area contributed by atoms with Crippen molar-refractivity contribution >= 4 is 17.6 Å². The molecule has 0 aliphatic heterocycles. The summed E-state index contributed by atoms with van der Waals surface area (Å²) < 4.78 is 0. The van der Waals surface area contributed by atoms with Crippen molar-refractivity contribution in [3.05, 3.63) is 11.8 Å². The Hall–Kier alpha value is -1.89. The molecule has 104 valence electrons. The van der Waals surface area contributed by atoms with Crippen molar-refractivity contribution < 1.29 is 9.59 Å². The molecule has 1 saturated carbocycles. The summed E-state index contributed by atoms with van der Waals surface area (Å²) in [5.74, 6) is 0.629. The molecule has 1 aromatic heterocycles. The number of hydrogen-bond donors (Lipinski definition) is 4. The van der Waals surface area contributed by atoms with E-state index >= 15 is 0 Å². The summed E-state index contributed by atoms with van der Waals surface area (Å²) in [7, 11) is 0. The van der Waals surface area contributed by atoms with Gasteiger partial charge in [-0.25, -0.2) is 0 Å². The van der Waals surface area contributed by atoms with Crippen molar-refractivity contribution in [2.24, 2.45) is 5.73 Å². The lowest BCUT2D eigenvalue weighted by Crippen LogP contribution is -2.42. The lowest BCUT2D eigenvalue weighted by atomic mass is 9.78. The molecule has 0 bridgehead atoms. The average molecular weight is 265 g/mol. The quantitative estimate of drug-likeness (QED) is 0.617. The van der Waals surface area contributed by atoms with Crippen LogP contribution in [0.2, 0.25) is 0 Å². The first-order chi connectivity index (χ1) is 8.95. The fraction of sp³-hybridized carbons (Fsp3) is 0.583. The molecule has 7 nitrogen and oxygen atoms in total. The second-order valence-electron chi connectivity index (χ2n) is 5.05. The zero-order valence-corrected chi connectivity index (χ0v) is 11.1. The van der Waals surface area contributed by atoms with Crippen LogP contribution < -0.4 is 16.4 Å². The van der Waals surface area contributed by atoms with E-state index in [1.807, 2.05) is 6.07 Å². The molecule has 1 aliphatic rings. The van der Waals surface area contributed by atoms with Crippen LogP contribution in [-0.2, 0) is 9.59 Å². The minimum absolute atomic E-state index is 0.00429. The second-order valence-corrected chi connectivity index (χ2v) is 5.05. The predicted octanol–water partition coefficient (Wildman–Crippen LogP) is 0.0775. The van der Waals surface area contributed by atoms with E-state index in [4.69, 9.17) is 5.73 Å². The molecule has 1 heterocycles. The highest BCUT2D eigenvalue weighted by molar-refractivity contribution is 5.93. The third kappa shape index (κ3) is 3.31. The molecule has 0 radical (unpaired) electrons. The number of nitrogens with zero attached hydrogens (tertiary/aromatic N) is 1. The van der Waals surface area contributed by atoms with Gasteiger partial charge in [-0.3, -0.25) is 14.7 Å². The van der Waals surface area contributed by atoms with Crippen LogP contribution in [-0.4, -0.2) is 34.1 Å². The Bertz CT molecular complexity index is 476. The van der Waals surface area contributed by atoms with Crippen LogP contribution in [0.15, 0.2) is 6.07 Å². The highest BCUT2D eigenvalue weighted by Crippen LogP contribution is 2.36. The molecule has 1 aliphatic carbocycles. The summed E-state index contributed by atoms with van der Waals surface area (Å²) in [5, 5.41) is 12.5. The first kappa shape index (κ1) is 13.5. The molecule has 7 heteroatoms. The first-order valence-electron chi connectivity index (χ1n) is 6.34. The van der Waals surface area contributed by atoms with Crippen LogP contribution in [0.3, 0.4) is 0 Å². The highest BCUT2D eigenvalue weighted by atomic mass is 16.2. The normalized spacial score (nSPS) is 23.3. The van der Waals surface area contributed by atoms with Crippen LogP contribution in [0.25, 0.3) is 0 Å². The third-order valence-electron chi connectivity index (χ3n) is 3.23. The van der Waals surface area contributed by atoms with Gasteiger partial charge in [0.05, 0.1) is 11.7 Å². The van der Waals surface area contributed by atoms with E-state index < -0.39 is 6.04 Å². The van der Waals surface area contributed by atoms with Crippen molar-refractivity contribution in [1.82, 2.24) is 15.5 Å². The SMILES string of the molecule is CC(=O)NC1CC(c2cc(NC(=O)[C@@H](C)N)[nH]n2)C1. The number of carbonyl (C=O) groups excluding carboxylic acids is 2. The van der Waals surface area contributed by atoms with E-state index in [2.05, 4.69) is 20.8 Å². The molecule has 2 amide bonds. The van der Waals surface area contributed by atoms with Gasteiger partial charge in [0.1, 0.15) is 5.82 Å². The zero-order valence-electron chi connectivity index (χ0n) is 11.1. The van der Waals surface area contributed by atoms with Crippen LogP contribution in [0.5, 0.6) is 0 Å². The average Bonchev–Trinajstić information content (AvgIpc) is 2.70. The first-order valence-corrected chi connectivity index (χ1v) is 6.34. The highest BCUT2D eigenvalue weighted by Gasteiger charge is 2.32. The molecule has 1 atom stereocenters. The fourth-order valence-corrected chi connectivity index (χ4v) is 2.12. The fourth-order valence-electron chi connectivity index (χ4n) is 2.12. The van der Waals surface area contributed by atoms with Gasteiger partial charge < -0.3 is 16.4 Å². The molecular weight excluding hydrogens is 246 g/mol. The van der Waals surface area contributed by atoms with E-state index in [0.29, 0.717) is 11.7 Å². The van der Waals surface area contributed by atoms with Gasteiger partial charge in [-0.05, 0) is 19.8 Å². The molecular formula is C12H19N5O2. The number of nitrogens with two attached hydrogens (primary N) is 1. The minimum atomic E-state index is -0.556. The number of amides is 2. The summed E-state index contributed by atoms with van der Waals surface area (Å²) in [4.78, 5) is 22.3. The monoisotopic (exact) mass is 265 g/mol. The summed E-state index contributed by atoms with van der Waals surface area (Å²) in [6, 6.07) is 1.50. The Morgan fingerprint density at radius 1 is 1.53 bits per heavy atom. The van der Waals surface area contributed by atoms with Gasteiger partial charge in [0.25, 0.3) is 0 Å². The lowest BCUT2D eigenvalue weighted by Gasteiger charge is -2.34. The summed E-state index contributed by atoms with van der Waals surface area (Å²) in [5.41, 5.74) is 6.37. The number of hydrogen-bond acceptors (Lipinski definition) is 4. The Balaban J connectivity index is 1.86. The number of aromatic nitrogens is 2. The van der Waals surface area contributed by atoms with Crippen LogP contribution in [0, 0.1) is 0 Å². The molecule has 2 rings (SSSR count). The number of aromatic amines is 1. The topological polar surface area (TPSA) is 113 Å². The van der Waals surface area contributed by atoms with Gasteiger partial charge >= 0.3 is 0 Å². The van der Waals surface area contributed by atoms with Gasteiger partial charge in [0.2, 0.25) is 11.8 Å². The standard InChI is InChI=1S/C12H19N5O2/c1-6(13)12(19)15-11-5-10(16-17-11)8-3-9(4-8)14-7(2)18/h5-6,8-9H,3-4,13H2,1-2H3,(H,14,18)(H2,15,16,17,19)/t6-,8?,9?/m1/s1. The molecule has 19 heavy (non-hydrogen) atoms. The van der Waals surface area contributed by atoms with E-state index in [1.54, 1.807) is 6.92 Å². The van der Waals surface area contributed by atoms with Crippen LogP contribution in [0.1, 0.15) is 38.3 Å². The summed E-state index contributed by atoms with van der Waals surface area (Å²) in [6.07, 6.45) is 1.76. The number of rotatable bonds is 4. The maximum atomic E-state index is 11.4. The van der Waals surface area contributed by atoms with Gasteiger partial charge in [0.15, 0.2) is 0 Å². The Kier molecular flexibility index (Phi) is 3.84. The third-order valence-corrected chi connectivity index (χ3v) is 3.23. The summed E-state index contributed by atoms with van der Waals surface area (Å²) in [6.45, 7) is 3.14. The van der Waals surface area contributed by atoms with Crippen molar-refractivity contribution in [3.63, 3.8) is 0 Å². The number of nitrogens with one attached hydrogen (secondary N) is 3. The number of carbonyl (C=O) groups is 2. The molecule has 0 unspecified atom stereocenters. The largest absolute Gasteiger partial charge is 0.354 e. The van der Waals surface area contributed by atoms with E-state index in [9.17, 15) is 9.59 Å². The lowest BCUT2D eigenvalue weighted by molar-refractivity contribution is -0.120. The number of anilines is 1. The van der Waals surface area contributed by atoms with Crippen LogP contribution >= 0.6 is 0 Å². The Labute approximate surface area is 111 Å². The molecule has 1 aromatic rings. The van der Waals surface area contributed by atoms with Crippen molar-refractivity contribution in [2.75, 3.05) is 5.32 Å². The van der Waals surface area contributed by atoms with Gasteiger partial charge in [-0.2, -0.15) is 5.10 Å². The maximum absolute atomic E-state index is 11.4.